The molecule has 0 aliphatic rings. The van der Waals surface area contributed by atoms with E-state index in [1.54, 1.807) is 35.3 Å². The largest absolute Gasteiger partial charge is 0.397 e. The molecular formula is C8H7ClN4. The molecule has 2 aromatic rings. The van der Waals surface area contributed by atoms with E-state index in [4.69, 9.17) is 17.3 Å². The van der Waals surface area contributed by atoms with Crippen molar-refractivity contribution in [2.45, 2.75) is 0 Å². The van der Waals surface area contributed by atoms with E-state index in [-0.39, 0.29) is 0 Å². The van der Waals surface area contributed by atoms with Gasteiger partial charge in [0.2, 0.25) is 0 Å². The topological polar surface area (TPSA) is 56.7 Å². The van der Waals surface area contributed by atoms with E-state index < -0.39 is 0 Å². The minimum atomic E-state index is 0.620. The molecule has 1 aromatic heterocycles. The molecule has 0 saturated heterocycles. The average molecular weight is 195 g/mol. The maximum absolute atomic E-state index is 5.82. The first-order valence-electron chi connectivity index (χ1n) is 3.69. The van der Waals surface area contributed by atoms with Crippen molar-refractivity contribution in [1.82, 2.24) is 15.0 Å². The van der Waals surface area contributed by atoms with E-state index in [0.717, 1.165) is 5.69 Å². The highest BCUT2D eigenvalue weighted by Crippen LogP contribution is 2.20. The molecule has 0 spiro atoms. The number of nitrogens with zero attached hydrogens (tertiary/aromatic N) is 3. The molecule has 0 unspecified atom stereocenters. The zero-order chi connectivity index (χ0) is 9.26. The summed E-state index contributed by atoms with van der Waals surface area (Å²) in [4.78, 5) is 0. The van der Waals surface area contributed by atoms with Crippen LogP contribution in [0.2, 0.25) is 5.02 Å². The number of nitrogen functional groups attached to an aromatic ring is 1. The molecule has 2 N–H and O–H groups in total. The van der Waals surface area contributed by atoms with E-state index in [2.05, 4.69) is 10.3 Å². The van der Waals surface area contributed by atoms with Gasteiger partial charge in [0.25, 0.3) is 0 Å². The van der Waals surface area contributed by atoms with Gasteiger partial charge in [-0.1, -0.05) is 16.8 Å². The molecule has 4 nitrogen and oxygen atoms in total. The SMILES string of the molecule is Nc1ccc(Cl)cc1-n1ccnn1. The van der Waals surface area contributed by atoms with Crippen molar-refractivity contribution < 1.29 is 0 Å². The van der Waals surface area contributed by atoms with Crippen molar-refractivity contribution in [1.29, 1.82) is 0 Å². The van der Waals surface area contributed by atoms with E-state index >= 15 is 0 Å². The third-order valence-corrected chi connectivity index (χ3v) is 1.90. The first-order valence-corrected chi connectivity index (χ1v) is 4.07. The van der Waals surface area contributed by atoms with Crippen molar-refractivity contribution in [3.05, 3.63) is 35.6 Å². The summed E-state index contributed by atoms with van der Waals surface area (Å²) in [6, 6.07) is 5.21. The van der Waals surface area contributed by atoms with Gasteiger partial charge in [0.1, 0.15) is 0 Å². The first-order chi connectivity index (χ1) is 6.27. The lowest BCUT2D eigenvalue weighted by Crippen LogP contribution is -2.00. The number of nitrogens with two attached hydrogens (primary N) is 1. The van der Waals surface area contributed by atoms with Crippen LogP contribution in [0.25, 0.3) is 5.69 Å². The van der Waals surface area contributed by atoms with Crippen molar-refractivity contribution >= 4 is 17.3 Å². The van der Waals surface area contributed by atoms with Gasteiger partial charge in [-0.25, -0.2) is 4.68 Å². The summed E-state index contributed by atoms with van der Waals surface area (Å²) >= 11 is 5.82. The summed E-state index contributed by atoms with van der Waals surface area (Å²) in [7, 11) is 0. The van der Waals surface area contributed by atoms with Crippen LogP contribution in [0.5, 0.6) is 0 Å². The number of benzene rings is 1. The molecule has 2 rings (SSSR count). The highest BCUT2D eigenvalue weighted by molar-refractivity contribution is 6.30. The number of aromatic nitrogens is 3. The molecular weight excluding hydrogens is 188 g/mol. The van der Waals surface area contributed by atoms with E-state index in [9.17, 15) is 0 Å². The van der Waals surface area contributed by atoms with Crippen molar-refractivity contribution in [3.8, 4) is 5.69 Å². The van der Waals surface area contributed by atoms with Gasteiger partial charge in [-0.3, -0.25) is 0 Å². The quantitative estimate of drug-likeness (QED) is 0.700. The Morgan fingerprint density at radius 3 is 2.92 bits per heavy atom. The summed E-state index contributed by atoms with van der Waals surface area (Å²) in [5.74, 6) is 0. The molecule has 5 heteroatoms. The molecule has 13 heavy (non-hydrogen) atoms. The summed E-state index contributed by atoms with van der Waals surface area (Å²) < 4.78 is 1.57. The number of hydrogen-bond donors (Lipinski definition) is 1. The van der Waals surface area contributed by atoms with Gasteiger partial charge < -0.3 is 5.73 Å². The normalized spacial score (nSPS) is 10.2. The monoisotopic (exact) mass is 194 g/mol. The Hall–Kier alpha value is -1.55. The smallest absolute Gasteiger partial charge is 0.0907 e. The minimum absolute atomic E-state index is 0.620. The van der Waals surface area contributed by atoms with Crippen molar-refractivity contribution in [2.24, 2.45) is 0 Å². The summed E-state index contributed by atoms with van der Waals surface area (Å²) in [5.41, 5.74) is 7.09. The van der Waals surface area contributed by atoms with Gasteiger partial charge in [0, 0.05) is 5.02 Å². The number of rotatable bonds is 1. The first kappa shape index (κ1) is 8.07. The van der Waals surface area contributed by atoms with Crippen LogP contribution in [0.3, 0.4) is 0 Å². The van der Waals surface area contributed by atoms with Crippen LogP contribution >= 0.6 is 11.6 Å². The third kappa shape index (κ3) is 1.48. The maximum atomic E-state index is 5.82. The highest BCUT2D eigenvalue weighted by Gasteiger charge is 2.02. The number of hydrogen-bond acceptors (Lipinski definition) is 3. The Labute approximate surface area is 79.9 Å². The molecule has 0 bridgehead atoms. The van der Waals surface area contributed by atoms with Gasteiger partial charge in [-0.2, -0.15) is 0 Å². The van der Waals surface area contributed by atoms with Crippen molar-refractivity contribution in [3.63, 3.8) is 0 Å². The molecule has 0 radical (unpaired) electrons. The lowest BCUT2D eigenvalue weighted by Gasteiger charge is -2.04. The molecule has 0 atom stereocenters. The standard InChI is InChI=1S/C8H7ClN4/c9-6-1-2-7(10)8(5-6)13-4-3-11-12-13/h1-5H,10H2. The van der Waals surface area contributed by atoms with Crippen LogP contribution in [0.1, 0.15) is 0 Å². The minimum Gasteiger partial charge on any atom is -0.397 e. The summed E-state index contributed by atoms with van der Waals surface area (Å²) in [6.45, 7) is 0. The Bertz CT molecular complexity index is 410. The maximum Gasteiger partial charge on any atom is 0.0907 e. The Kier molecular flexibility index (Phi) is 1.90. The molecule has 0 amide bonds. The van der Waals surface area contributed by atoms with Crippen molar-refractivity contribution in [2.75, 3.05) is 5.73 Å². The second-order valence-electron chi connectivity index (χ2n) is 2.55. The van der Waals surface area contributed by atoms with E-state index in [0.29, 0.717) is 10.7 Å². The second kappa shape index (κ2) is 3.06. The predicted octanol–water partition coefficient (Wildman–Crippen LogP) is 1.50. The fraction of sp³-hybridized carbons (Fsp3) is 0. The fourth-order valence-electron chi connectivity index (χ4n) is 1.05. The Balaban J connectivity index is 2.57. The zero-order valence-corrected chi connectivity index (χ0v) is 7.44. The van der Waals surface area contributed by atoms with Gasteiger partial charge in [0.15, 0.2) is 0 Å². The van der Waals surface area contributed by atoms with Crippen LogP contribution in [0.4, 0.5) is 5.69 Å². The average Bonchev–Trinajstić information content (AvgIpc) is 2.61. The third-order valence-electron chi connectivity index (χ3n) is 1.66. The van der Waals surface area contributed by atoms with Crippen LogP contribution in [-0.2, 0) is 0 Å². The van der Waals surface area contributed by atoms with Gasteiger partial charge in [0.05, 0.1) is 23.8 Å². The zero-order valence-electron chi connectivity index (χ0n) is 6.68. The van der Waals surface area contributed by atoms with E-state index in [1.165, 1.54) is 0 Å². The van der Waals surface area contributed by atoms with Gasteiger partial charge >= 0.3 is 0 Å². The van der Waals surface area contributed by atoms with Crippen LogP contribution < -0.4 is 5.73 Å². The van der Waals surface area contributed by atoms with Crippen LogP contribution in [-0.4, -0.2) is 15.0 Å². The predicted molar refractivity (Wildman–Crippen MR) is 50.8 cm³/mol. The molecule has 1 aromatic carbocycles. The molecule has 66 valence electrons. The van der Waals surface area contributed by atoms with Gasteiger partial charge in [-0.05, 0) is 18.2 Å². The molecule has 0 aliphatic carbocycles. The molecule has 0 aliphatic heterocycles. The fourth-order valence-corrected chi connectivity index (χ4v) is 1.22. The Morgan fingerprint density at radius 1 is 1.38 bits per heavy atom. The van der Waals surface area contributed by atoms with Crippen LogP contribution in [0.15, 0.2) is 30.6 Å². The summed E-state index contributed by atoms with van der Waals surface area (Å²) in [5, 5.41) is 8.12. The molecule has 0 fully saturated rings. The molecule has 1 heterocycles. The highest BCUT2D eigenvalue weighted by atomic mass is 35.5. The second-order valence-corrected chi connectivity index (χ2v) is 2.99. The number of anilines is 1. The lowest BCUT2D eigenvalue weighted by atomic mass is 10.3. The van der Waals surface area contributed by atoms with Crippen LogP contribution in [0, 0.1) is 0 Å². The number of halogens is 1. The Morgan fingerprint density at radius 2 is 2.23 bits per heavy atom. The lowest BCUT2D eigenvalue weighted by molar-refractivity contribution is 0.805. The summed E-state index contributed by atoms with van der Waals surface area (Å²) in [6.07, 6.45) is 3.29. The molecule has 0 saturated carbocycles. The van der Waals surface area contributed by atoms with Gasteiger partial charge in [-0.15, -0.1) is 5.10 Å². The van der Waals surface area contributed by atoms with E-state index in [1.807, 2.05) is 0 Å².